The van der Waals surface area contributed by atoms with Crippen molar-refractivity contribution in [2.75, 3.05) is 38.7 Å². The van der Waals surface area contributed by atoms with Gasteiger partial charge in [0, 0.05) is 18.0 Å². The van der Waals surface area contributed by atoms with Crippen LogP contribution in [0.1, 0.15) is 28.9 Å². The number of nitrogens with zero attached hydrogens (tertiary/aromatic N) is 2. The number of carbonyl (C=O) groups is 2. The fourth-order valence-electron chi connectivity index (χ4n) is 3.44. The zero-order valence-corrected chi connectivity index (χ0v) is 19.6. The first-order chi connectivity index (χ1) is 14.8. The SMILES string of the molecule is CCOC(=O)O[C@@H]1C(=O)N(CCN(C)C)c2ccc(C)cc2S[C@@H]1c1ccc(C)cc1. The van der Waals surface area contributed by atoms with Gasteiger partial charge in [0.2, 0.25) is 6.10 Å². The molecule has 1 amide bonds. The highest BCUT2D eigenvalue weighted by atomic mass is 32.2. The van der Waals surface area contributed by atoms with E-state index in [9.17, 15) is 9.59 Å². The second kappa shape index (κ2) is 10.2. The van der Waals surface area contributed by atoms with Crippen LogP contribution in [0.15, 0.2) is 47.4 Å². The van der Waals surface area contributed by atoms with Crippen LogP contribution >= 0.6 is 11.8 Å². The van der Waals surface area contributed by atoms with Gasteiger partial charge in [0.25, 0.3) is 5.91 Å². The minimum Gasteiger partial charge on any atom is -0.435 e. The number of fused-ring (bicyclic) bond motifs is 1. The number of ether oxygens (including phenoxy) is 2. The van der Waals surface area contributed by atoms with Crippen LogP contribution in [0, 0.1) is 13.8 Å². The van der Waals surface area contributed by atoms with Crippen molar-refractivity contribution in [2.24, 2.45) is 0 Å². The predicted octanol–water partition coefficient (Wildman–Crippen LogP) is 4.59. The first-order valence-electron chi connectivity index (χ1n) is 10.4. The Bertz CT molecular complexity index is 930. The van der Waals surface area contributed by atoms with Gasteiger partial charge in [-0.05, 0) is 58.1 Å². The maximum atomic E-state index is 13.8. The van der Waals surface area contributed by atoms with Crippen LogP contribution in [-0.2, 0) is 14.3 Å². The van der Waals surface area contributed by atoms with Gasteiger partial charge in [-0.1, -0.05) is 35.9 Å². The Balaban J connectivity index is 2.08. The molecule has 1 aliphatic heterocycles. The van der Waals surface area contributed by atoms with Crippen molar-refractivity contribution in [1.29, 1.82) is 0 Å². The third kappa shape index (κ3) is 5.60. The van der Waals surface area contributed by atoms with Crippen molar-refractivity contribution in [1.82, 2.24) is 4.90 Å². The molecular weight excluding hydrogens is 412 g/mol. The number of aryl methyl sites for hydroxylation is 2. The van der Waals surface area contributed by atoms with E-state index in [4.69, 9.17) is 9.47 Å². The molecule has 1 aliphatic rings. The molecule has 31 heavy (non-hydrogen) atoms. The summed E-state index contributed by atoms with van der Waals surface area (Å²) in [6.07, 6.45) is -1.82. The standard InChI is InChI=1S/C24H30N2O4S/c1-6-29-24(28)30-21-22(18-10-7-16(2)8-11-18)31-20-15-17(3)9-12-19(20)26(23(21)27)14-13-25(4)5/h7-12,15,21-22H,6,13-14H2,1-5H3/t21-,22+/m0/s1. The Hall–Kier alpha value is -2.51. The lowest BCUT2D eigenvalue weighted by atomic mass is 10.0. The third-order valence-electron chi connectivity index (χ3n) is 5.11. The first-order valence-corrected chi connectivity index (χ1v) is 11.3. The van der Waals surface area contributed by atoms with Crippen molar-refractivity contribution in [2.45, 2.75) is 37.0 Å². The lowest BCUT2D eigenvalue weighted by Gasteiger charge is -2.28. The third-order valence-corrected chi connectivity index (χ3v) is 6.46. The topological polar surface area (TPSA) is 59.1 Å². The van der Waals surface area contributed by atoms with Gasteiger partial charge >= 0.3 is 6.16 Å². The average Bonchev–Trinajstić information content (AvgIpc) is 2.82. The molecule has 7 heteroatoms. The van der Waals surface area contributed by atoms with Gasteiger partial charge in [-0.25, -0.2) is 4.79 Å². The molecule has 0 fully saturated rings. The summed E-state index contributed by atoms with van der Waals surface area (Å²) in [4.78, 5) is 30.8. The monoisotopic (exact) mass is 442 g/mol. The molecule has 0 aliphatic carbocycles. The number of thioether (sulfide) groups is 1. The van der Waals surface area contributed by atoms with E-state index in [1.165, 1.54) is 0 Å². The smallest absolute Gasteiger partial charge is 0.435 e. The summed E-state index contributed by atoms with van der Waals surface area (Å²) in [5.41, 5.74) is 4.01. The first kappa shape index (κ1) is 23.2. The van der Waals surface area contributed by atoms with Crippen molar-refractivity contribution in [3.63, 3.8) is 0 Å². The molecule has 0 saturated heterocycles. The molecule has 3 rings (SSSR count). The molecule has 0 radical (unpaired) electrons. The van der Waals surface area contributed by atoms with Crippen LogP contribution in [-0.4, -0.2) is 56.9 Å². The summed E-state index contributed by atoms with van der Waals surface area (Å²) in [6.45, 7) is 7.13. The predicted molar refractivity (Wildman–Crippen MR) is 124 cm³/mol. The Labute approximate surface area is 188 Å². The second-order valence-corrected chi connectivity index (χ2v) is 9.12. The van der Waals surface area contributed by atoms with E-state index >= 15 is 0 Å². The summed E-state index contributed by atoms with van der Waals surface area (Å²) in [6, 6.07) is 14.1. The minimum atomic E-state index is -0.998. The van der Waals surface area contributed by atoms with Gasteiger partial charge in [-0.3, -0.25) is 4.79 Å². The Morgan fingerprint density at radius 2 is 1.77 bits per heavy atom. The highest BCUT2D eigenvalue weighted by Gasteiger charge is 2.41. The van der Waals surface area contributed by atoms with E-state index in [0.29, 0.717) is 13.1 Å². The number of amides is 1. The van der Waals surface area contributed by atoms with Crippen LogP contribution in [0.25, 0.3) is 0 Å². The number of hydrogen-bond donors (Lipinski definition) is 0. The Kier molecular flexibility index (Phi) is 7.62. The molecule has 1 heterocycles. The summed E-state index contributed by atoms with van der Waals surface area (Å²) in [7, 11) is 3.93. The normalized spacial score (nSPS) is 18.5. The van der Waals surface area contributed by atoms with Crippen molar-refractivity contribution < 1.29 is 19.1 Å². The fraction of sp³-hybridized carbons (Fsp3) is 0.417. The zero-order valence-electron chi connectivity index (χ0n) is 18.8. The van der Waals surface area contributed by atoms with Crippen LogP contribution in [0.3, 0.4) is 0 Å². The molecule has 2 aromatic rings. The number of anilines is 1. The molecule has 0 saturated carbocycles. The molecule has 6 nitrogen and oxygen atoms in total. The quantitative estimate of drug-likeness (QED) is 0.610. The molecular formula is C24H30N2O4S. The zero-order chi connectivity index (χ0) is 22.5. The minimum absolute atomic E-state index is 0.186. The summed E-state index contributed by atoms with van der Waals surface area (Å²) in [5, 5.41) is -0.387. The van der Waals surface area contributed by atoms with Gasteiger partial charge in [-0.15, -0.1) is 11.8 Å². The number of benzene rings is 2. The molecule has 2 atom stereocenters. The number of carbonyl (C=O) groups excluding carboxylic acids is 2. The van der Waals surface area contributed by atoms with Crippen LogP contribution < -0.4 is 4.90 Å². The van der Waals surface area contributed by atoms with E-state index < -0.39 is 12.3 Å². The Morgan fingerprint density at radius 1 is 1.10 bits per heavy atom. The summed E-state index contributed by atoms with van der Waals surface area (Å²) >= 11 is 1.55. The Morgan fingerprint density at radius 3 is 2.42 bits per heavy atom. The van der Waals surface area contributed by atoms with E-state index in [1.807, 2.05) is 69.2 Å². The van der Waals surface area contributed by atoms with E-state index in [2.05, 4.69) is 6.07 Å². The highest BCUT2D eigenvalue weighted by molar-refractivity contribution is 7.99. The van der Waals surface area contributed by atoms with Crippen LogP contribution in [0.4, 0.5) is 10.5 Å². The lowest BCUT2D eigenvalue weighted by Crippen LogP contribution is -2.45. The second-order valence-electron chi connectivity index (χ2n) is 7.93. The van der Waals surface area contributed by atoms with E-state index in [0.717, 1.165) is 27.3 Å². The number of likely N-dealkylation sites (N-methyl/N-ethyl adjacent to an activating group) is 1. The molecule has 0 N–H and O–H groups in total. The van der Waals surface area contributed by atoms with Crippen molar-refractivity contribution in [3.8, 4) is 0 Å². The van der Waals surface area contributed by atoms with Gasteiger partial charge < -0.3 is 19.3 Å². The molecule has 166 valence electrons. The van der Waals surface area contributed by atoms with Crippen molar-refractivity contribution >= 4 is 29.5 Å². The maximum Gasteiger partial charge on any atom is 0.509 e. The van der Waals surface area contributed by atoms with Crippen LogP contribution in [0.5, 0.6) is 0 Å². The number of hydrogen-bond acceptors (Lipinski definition) is 6. The molecule has 0 aromatic heterocycles. The average molecular weight is 443 g/mol. The lowest BCUT2D eigenvalue weighted by molar-refractivity contribution is -0.128. The van der Waals surface area contributed by atoms with Gasteiger partial charge in [-0.2, -0.15) is 0 Å². The summed E-state index contributed by atoms with van der Waals surface area (Å²) < 4.78 is 10.7. The largest absolute Gasteiger partial charge is 0.509 e. The fourth-order valence-corrected chi connectivity index (χ4v) is 4.85. The maximum absolute atomic E-state index is 13.8. The van der Waals surface area contributed by atoms with E-state index in [1.54, 1.807) is 23.6 Å². The van der Waals surface area contributed by atoms with Gasteiger partial charge in [0.05, 0.1) is 17.5 Å². The van der Waals surface area contributed by atoms with Gasteiger partial charge in [0.1, 0.15) is 0 Å². The van der Waals surface area contributed by atoms with Crippen LogP contribution in [0.2, 0.25) is 0 Å². The summed E-state index contributed by atoms with van der Waals surface area (Å²) in [5.74, 6) is -0.240. The molecule has 0 spiro atoms. The molecule has 0 unspecified atom stereocenters. The highest BCUT2D eigenvalue weighted by Crippen LogP contribution is 2.47. The molecule has 0 bridgehead atoms. The van der Waals surface area contributed by atoms with Crippen molar-refractivity contribution in [3.05, 3.63) is 59.2 Å². The number of rotatable bonds is 6. The van der Waals surface area contributed by atoms with Gasteiger partial charge in [0.15, 0.2) is 0 Å². The molecule has 2 aromatic carbocycles. The van der Waals surface area contributed by atoms with E-state index in [-0.39, 0.29) is 17.8 Å².